The fourth-order valence-corrected chi connectivity index (χ4v) is 1.82. The maximum Gasteiger partial charge on any atom is 0.183 e. The van der Waals surface area contributed by atoms with Crippen LogP contribution in [0.5, 0.6) is 0 Å². The van der Waals surface area contributed by atoms with Crippen molar-refractivity contribution in [3.63, 3.8) is 0 Å². The molecule has 18 heavy (non-hydrogen) atoms. The molecule has 3 aromatic rings. The van der Waals surface area contributed by atoms with Gasteiger partial charge in [0, 0.05) is 5.02 Å². The van der Waals surface area contributed by atoms with Gasteiger partial charge >= 0.3 is 0 Å². The van der Waals surface area contributed by atoms with Crippen molar-refractivity contribution in [3.8, 4) is 11.4 Å². The Bertz CT molecular complexity index is 739. The molecule has 0 spiro atoms. The van der Waals surface area contributed by atoms with E-state index in [1.54, 1.807) is 0 Å². The van der Waals surface area contributed by atoms with E-state index in [0.717, 1.165) is 0 Å². The van der Waals surface area contributed by atoms with Gasteiger partial charge in [-0.05, 0) is 18.2 Å². The molecular formula is C11H7ClFN5. The Morgan fingerprint density at radius 3 is 2.89 bits per heavy atom. The van der Waals surface area contributed by atoms with Crippen LogP contribution in [-0.2, 0) is 0 Å². The number of nitrogen functional groups attached to an aromatic ring is 1. The number of hydrogen-bond donors (Lipinski definition) is 2. The molecule has 0 unspecified atom stereocenters. The SMILES string of the molecule is Nc1ncnc2nc(-c3cc(Cl)ccc3F)[nH]c12. The van der Waals surface area contributed by atoms with Crippen LogP contribution in [0.15, 0.2) is 24.5 Å². The van der Waals surface area contributed by atoms with Gasteiger partial charge in [-0.2, -0.15) is 0 Å². The lowest BCUT2D eigenvalue weighted by Gasteiger charge is -1.99. The number of hydrogen-bond acceptors (Lipinski definition) is 4. The zero-order valence-electron chi connectivity index (χ0n) is 8.98. The molecule has 1 aromatic carbocycles. The minimum atomic E-state index is -0.426. The van der Waals surface area contributed by atoms with Gasteiger partial charge in [-0.15, -0.1) is 0 Å². The van der Waals surface area contributed by atoms with Crippen molar-refractivity contribution in [3.05, 3.63) is 35.4 Å². The molecule has 0 radical (unpaired) electrons. The molecule has 0 saturated heterocycles. The Hall–Kier alpha value is -2.21. The fourth-order valence-electron chi connectivity index (χ4n) is 1.65. The van der Waals surface area contributed by atoms with E-state index in [0.29, 0.717) is 22.0 Å². The van der Waals surface area contributed by atoms with Crippen molar-refractivity contribution in [1.29, 1.82) is 0 Å². The predicted molar refractivity (Wildman–Crippen MR) is 66.5 cm³/mol. The highest BCUT2D eigenvalue weighted by atomic mass is 35.5. The molecule has 0 bridgehead atoms. The molecule has 7 heteroatoms. The van der Waals surface area contributed by atoms with Crippen LogP contribution in [0.25, 0.3) is 22.6 Å². The maximum atomic E-state index is 13.7. The van der Waals surface area contributed by atoms with Crippen LogP contribution in [0, 0.1) is 5.82 Å². The minimum Gasteiger partial charge on any atom is -0.382 e. The molecule has 2 aromatic heterocycles. The summed E-state index contributed by atoms with van der Waals surface area (Å²) < 4.78 is 13.7. The Balaban J connectivity index is 2.26. The third-order valence-corrected chi connectivity index (χ3v) is 2.74. The van der Waals surface area contributed by atoms with Crippen LogP contribution >= 0.6 is 11.6 Å². The topological polar surface area (TPSA) is 80.5 Å². The summed E-state index contributed by atoms with van der Waals surface area (Å²) in [6, 6.07) is 4.23. The van der Waals surface area contributed by atoms with Crippen molar-refractivity contribution in [2.45, 2.75) is 0 Å². The molecule has 2 heterocycles. The Morgan fingerprint density at radius 1 is 1.28 bits per heavy atom. The van der Waals surface area contributed by atoms with E-state index in [1.807, 2.05) is 0 Å². The molecule has 0 saturated carbocycles. The summed E-state index contributed by atoms with van der Waals surface area (Å²) >= 11 is 5.84. The van der Waals surface area contributed by atoms with E-state index in [9.17, 15) is 4.39 Å². The van der Waals surface area contributed by atoms with E-state index in [1.165, 1.54) is 24.5 Å². The Kier molecular flexibility index (Phi) is 2.38. The number of H-pyrrole nitrogens is 1. The highest BCUT2D eigenvalue weighted by Gasteiger charge is 2.12. The summed E-state index contributed by atoms with van der Waals surface area (Å²) in [4.78, 5) is 14.8. The number of nitrogens with zero attached hydrogens (tertiary/aromatic N) is 3. The predicted octanol–water partition coefficient (Wildman–Crippen LogP) is 2.39. The number of fused-ring (bicyclic) bond motifs is 1. The van der Waals surface area contributed by atoms with Crippen molar-refractivity contribution in [2.75, 3.05) is 5.73 Å². The van der Waals surface area contributed by atoms with Gasteiger partial charge in [-0.25, -0.2) is 19.3 Å². The fraction of sp³-hybridized carbons (Fsp3) is 0. The van der Waals surface area contributed by atoms with Gasteiger partial charge in [-0.1, -0.05) is 11.6 Å². The van der Waals surface area contributed by atoms with E-state index < -0.39 is 5.82 Å². The van der Waals surface area contributed by atoms with Gasteiger partial charge in [0.15, 0.2) is 11.5 Å². The number of imidazole rings is 1. The third-order valence-electron chi connectivity index (χ3n) is 2.50. The molecule has 0 amide bonds. The van der Waals surface area contributed by atoms with E-state index in [2.05, 4.69) is 19.9 Å². The van der Waals surface area contributed by atoms with Gasteiger partial charge in [-0.3, -0.25) is 0 Å². The first-order valence-corrected chi connectivity index (χ1v) is 5.44. The zero-order chi connectivity index (χ0) is 12.7. The number of nitrogens with two attached hydrogens (primary N) is 1. The average molecular weight is 264 g/mol. The quantitative estimate of drug-likeness (QED) is 0.706. The second kappa shape index (κ2) is 3.92. The van der Waals surface area contributed by atoms with Crippen LogP contribution in [-0.4, -0.2) is 19.9 Å². The van der Waals surface area contributed by atoms with Crippen molar-refractivity contribution in [2.24, 2.45) is 0 Å². The van der Waals surface area contributed by atoms with Crippen LogP contribution in [0.1, 0.15) is 0 Å². The highest BCUT2D eigenvalue weighted by Crippen LogP contribution is 2.26. The third kappa shape index (κ3) is 1.67. The maximum absolute atomic E-state index is 13.7. The number of benzene rings is 1. The minimum absolute atomic E-state index is 0.264. The summed E-state index contributed by atoms with van der Waals surface area (Å²) in [6.07, 6.45) is 1.30. The standard InChI is InChI=1S/C11H7ClFN5/c12-5-1-2-7(13)6(3-5)10-17-8-9(14)15-4-16-11(8)18-10/h1-4H,(H3,14,15,16,17,18). The van der Waals surface area contributed by atoms with Crippen molar-refractivity contribution < 1.29 is 4.39 Å². The monoisotopic (exact) mass is 263 g/mol. The number of halogens is 2. The van der Waals surface area contributed by atoms with Gasteiger partial charge in [0.1, 0.15) is 23.5 Å². The normalized spacial score (nSPS) is 11.0. The first-order chi connectivity index (χ1) is 8.65. The summed E-state index contributed by atoms with van der Waals surface area (Å²) in [7, 11) is 0. The number of anilines is 1. The Labute approximate surface area is 106 Å². The molecule has 3 rings (SSSR count). The van der Waals surface area contributed by atoms with Gasteiger partial charge in [0.05, 0.1) is 5.56 Å². The number of aromatic nitrogens is 4. The van der Waals surface area contributed by atoms with Crippen LogP contribution in [0.2, 0.25) is 5.02 Å². The first kappa shape index (κ1) is 10.9. The van der Waals surface area contributed by atoms with Crippen molar-refractivity contribution >= 4 is 28.6 Å². The van der Waals surface area contributed by atoms with Gasteiger partial charge < -0.3 is 10.7 Å². The van der Waals surface area contributed by atoms with Crippen molar-refractivity contribution in [1.82, 2.24) is 19.9 Å². The molecule has 0 aliphatic heterocycles. The van der Waals surface area contributed by atoms with Crippen LogP contribution in [0.3, 0.4) is 0 Å². The highest BCUT2D eigenvalue weighted by molar-refractivity contribution is 6.30. The molecular weight excluding hydrogens is 257 g/mol. The van der Waals surface area contributed by atoms with Crippen LogP contribution < -0.4 is 5.73 Å². The Morgan fingerprint density at radius 2 is 2.11 bits per heavy atom. The van der Waals surface area contributed by atoms with E-state index in [-0.39, 0.29) is 11.4 Å². The number of rotatable bonds is 1. The molecule has 90 valence electrons. The lowest BCUT2D eigenvalue weighted by atomic mass is 10.2. The number of nitrogens with one attached hydrogen (secondary N) is 1. The van der Waals surface area contributed by atoms with E-state index in [4.69, 9.17) is 17.3 Å². The second-order valence-electron chi connectivity index (χ2n) is 3.67. The number of aromatic amines is 1. The van der Waals surface area contributed by atoms with Gasteiger partial charge in [0.2, 0.25) is 0 Å². The summed E-state index contributed by atoms with van der Waals surface area (Å²) in [5.74, 6) is 0.156. The summed E-state index contributed by atoms with van der Waals surface area (Å²) in [5, 5.41) is 0.422. The summed E-state index contributed by atoms with van der Waals surface area (Å²) in [5.41, 5.74) is 6.80. The lowest BCUT2D eigenvalue weighted by molar-refractivity contribution is 0.630. The zero-order valence-corrected chi connectivity index (χ0v) is 9.74. The molecule has 0 atom stereocenters. The molecule has 0 aliphatic carbocycles. The second-order valence-corrected chi connectivity index (χ2v) is 4.10. The molecule has 5 nitrogen and oxygen atoms in total. The summed E-state index contributed by atoms with van der Waals surface area (Å²) in [6.45, 7) is 0. The molecule has 0 fully saturated rings. The smallest absolute Gasteiger partial charge is 0.183 e. The molecule has 3 N–H and O–H groups in total. The van der Waals surface area contributed by atoms with Gasteiger partial charge in [0.25, 0.3) is 0 Å². The molecule has 0 aliphatic rings. The lowest BCUT2D eigenvalue weighted by Crippen LogP contribution is -1.91. The van der Waals surface area contributed by atoms with Crippen LogP contribution in [0.4, 0.5) is 10.2 Å². The first-order valence-electron chi connectivity index (χ1n) is 5.07. The average Bonchev–Trinajstić information content (AvgIpc) is 2.77. The largest absolute Gasteiger partial charge is 0.382 e. The van der Waals surface area contributed by atoms with E-state index >= 15 is 0 Å².